The molecule has 0 spiro atoms. The van der Waals surface area contributed by atoms with Crippen LogP contribution in [0.15, 0.2) is 60.9 Å². The number of fused-ring (bicyclic) bond motifs is 1. The van der Waals surface area contributed by atoms with Gasteiger partial charge in [-0.25, -0.2) is 0 Å². The zero-order chi connectivity index (χ0) is 17.9. The smallest absolute Gasteiger partial charge is 0.231 e. The van der Waals surface area contributed by atoms with Crippen molar-refractivity contribution in [3.05, 3.63) is 77.1 Å². The zero-order valence-corrected chi connectivity index (χ0v) is 14.8. The molecule has 1 atom stereocenters. The van der Waals surface area contributed by atoms with E-state index in [1.807, 2.05) is 53.3 Å². The van der Waals surface area contributed by atoms with Crippen LogP contribution in [0.25, 0.3) is 0 Å². The average Bonchev–Trinajstić information content (AvgIpc) is 3.15. The summed E-state index contributed by atoms with van der Waals surface area (Å²) in [4.78, 5) is 12.6. The number of carbonyl (C=O) groups excluding carboxylic acids is 1. The maximum atomic E-state index is 12.6. The molecule has 5 nitrogen and oxygen atoms in total. The molecule has 0 aliphatic carbocycles. The Kier molecular flexibility index (Phi) is 4.63. The Bertz CT molecular complexity index is 907. The number of aromatic nitrogens is 2. The molecule has 2 aromatic carbocycles. The minimum absolute atomic E-state index is 0.0459. The first-order chi connectivity index (χ1) is 12.7. The highest BCUT2D eigenvalue weighted by molar-refractivity contribution is 6.30. The predicted molar refractivity (Wildman–Crippen MR) is 101 cm³/mol. The first-order valence-corrected chi connectivity index (χ1v) is 8.83. The number of amides is 1. The summed E-state index contributed by atoms with van der Waals surface area (Å²) >= 11 is 6.04. The standard InChI is InChI=1S/C20H18ClN3O2/c21-17-4-7-19-15(11-17)10-16(13-26-19)20(25)23-18-5-2-14(3-6-18)12-24-9-1-8-22-24/h1-9,11,16H,10,12-13H2,(H,23,25). The minimum atomic E-state index is -0.232. The van der Waals surface area contributed by atoms with Crippen molar-refractivity contribution in [3.8, 4) is 5.75 Å². The van der Waals surface area contributed by atoms with Crippen molar-refractivity contribution in [2.45, 2.75) is 13.0 Å². The van der Waals surface area contributed by atoms with Crippen LogP contribution in [0, 0.1) is 5.92 Å². The number of benzene rings is 2. The molecule has 0 radical (unpaired) electrons. The molecule has 1 amide bonds. The van der Waals surface area contributed by atoms with Crippen molar-refractivity contribution in [1.29, 1.82) is 0 Å². The second-order valence-corrected chi connectivity index (χ2v) is 6.79. The molecule has 0 fully saturated rings. The summed E-state index contributed by atoms with van der Waals surface area (Å²) in [5.74, 6) is 0.529. The second-order valence-electron chi connectivity index (χ2n) is 6.35. The SMILES string of the molecule is O=C(Nc1ccc(Cn2cccn2)cc1)C1COc2ccc(Cl)cc2C1. The largest absolute Gasteiger partial charge is 0.492 e. The van der Waals surface area contributed by atoms with Gasteiger partial charge in [-0.3, -0.25) is 9.48 Å². The normalized spacial score (nSPS) is 15.8. The molecule has 1 unspecified atom stereocenters. The van der Waals surface area contributed by atoms with E-state index in [-0.39, 0.29) is 11.8 Å². The zero-order valence-electron chi connectivity index (χ0n) is 14.1. The van der Waals surface area contributed by atoms with Crippen molar-refractivity contribution >= 4 is 23.2 Å². The Morgan fingerprint density at radius 3 is 2.88 bits per heavy atom. The maximum Gasteiger partial charge on any atom is 0.231 e. The summed E-state index contributed by atoms with van der Waals surface area (Å²) in [5, 5.41) is 7.81. The number of carbonyl (C=O) groups is 1. The molecular weight excluding hydrogens is 350 g/mol. The molecule has 1 aromatic heterocycles. The summed E-state index contributed by atoms with van der Waals surface area (Å²) in [5.41, 5.74) is 2.87. The van der Waals surface area contributed by atoms with E-state index < -0.39 is 0 Å². The number of nitrogens with zero attached hydrogens (tertiary/aromatic N) is 2. The lowest BCUT2D eigenvalue weighted by atomic mass is 9.96. The Morgan fingerprint density at radius 1 is 1.27 bits per heavy atom. The van der Waals surface area contributed by atoms with Gasteiger partial charge in [-0.1, -0.05) is 23.7 Å². The fraction of sp³-hybridized carbons (Fsp3) is 0.200. The van der Waals surface area contributed by atoms with E-state index in [1.165, 1.54) is 0 Å². The van der Waals surface area contributed by atoms with E-state index in [1.54, 1.807) is 12.3 Å². The van der Waals surface area contributed by atoms with Crippen LogP contribution in [0.5, 0.6) is 5.75 Å². The van der Waals surface area contributed by atoms with Crippen molar-refractivity contribution in [3.63, 3.8) is 0 Å². The summed E-state index contributed by atoms with van der Waals surface area (Å²) in [6.07, 6.45) is 4.30. The Morgan fingerprint density at radius 2 is 2.12 bits per heavy atom. The molecule has 0 bridgehead atoms. The topological polar surface area (TPSA) is 56.2 Å². The van der Waals surface area contributed by atoms with Crippen LogP contribution < -0.4 is 10.1 Å². The van der Waals surface area contributed by atoms with Crippen LogP contribution in [0.2, 0.25) is 5.02 Å². The number of hydrogen-bond donors (Lipinski definition) is 1. The third-order valence-corrected chi connectivity index (χ3v) is 4.66. The van der Waals surface area contributed by atoms with Gasteiger partial charge in [0.15, 0.2) is 0 Å². The summed E-state index contributed by atoms with van der Waals surface area (Å²) in [6, 6.07) is 15.2. The highest BCUT2D eigenvalue weighted by Crippen LogP contribution is 2.30. The third kappa shape index (κ3) is 3.73. The molecule has 0 saturated carbocycles. The maximum absolute atomic E-state index is 12.6. The molecule has 1 aliphatic rings. The molecule has 2 heterocycles. The molecule has 0 saturated heterocycles. The molecule has 132 valence electrons. The highest BCUT2D eigenvalue weighted by Gasteiger charge is 2.26. The lowest BCUT2D eigenvalue weighted by molar-refractivity contribution is -0.121. The number of halogens is 1. The summed E-state index contributed by atoms with van der Waals surface area (Å²) < 4.78 is 7.56. The van der Waals surface area contributed by atoms with Crippen LogP contribution in [-0.2, 0) is 17.8 Å². The van der Waals surface area contributed by atoms with Gasteiger partial charge in [0.2, 0.25) is 5.91 Å². The van der Waals surface area contributed by atoms with Crippen LogP contribution in [0.3, 0.4) is 0 Å². The van der Waals surface area contributed by atoms with Gasteiger partial charge in [0, 0.05) is 23.1 Å². The fourth-order valence-electron chi connectivity index (χ4n) is 3.05. The number of ether oxygens (including phenoxy) is 1. The van der Waals surface area contributed by atoms with Crippen molar-refractivity contribution in [2.75, 3.05) is 11.9 Å². The van der Waals surface area contributed by atoms with Gasteiger partial charge in [0.05, 0.1) is 12.5 Å². The van der Waals surface area contributed by atoms with Gasteiger partial charge in [-0.15, -0.1) is 0 Å². The number of hydrogen-bond acceptors (Lipinski definition) is 3. The molecule has 6 heteroatoms. The van der Waals surface area contributed by atoms with Crippen molar-refractivity contribution < 1.29 is 9.53 Å². The highest BCUT2D eigenvalue weighted by atomic mass is 35.5. The molecular formula is C20H18ClN3O2. The summed E-state index contributed by atoms with van der Waals surface area (Å²) in [6.45, 7) is 1.08. The first-order valence-electron chi connectivity index (χ1n) is 8.46. The van der Waals surface area contributed by atoms with Gasteiger partial charge in [-0.2, -0.15) is 5.10 Å². The van der Waals surface area contributed by atoms with E-state index in [4.69, 9.17) is 16.3 Å². The van der Waals surface area contributed by atoms with E-state index >= 15 is 0 Å². The van der Waals surface area contributed by atoms with E-state index in [2.05, 4.69) is 10.4 Å². The van der Waals surface area contributed by atoms with Crippen LogP contribution in [0.1, 0.15) is 11.1 Å². The van der Waals surface area contributed by atoms with Gasteiger partial charge in [-0.05, 0) is 53.9 Å². The number of rotatable bonds is 4. The molecule has 1 aliphatic heterocycles. The Hall–Kier alpha value is -2.79. The quantitative estimate of drug-likeness (QED) is 0.763. The Labute approximate surface area is 156 Å². The van der Waals surface area contributed by atoms with Gasteiger partial charge in [0.1, 0.15) is 12.4 Å². The average molecular weight is 368 g/mol. The molecule has 1 N–H and O–H groups in total. The van der Waals surface area contributed by atoms with Gasteiger partial charge < -0.3 is 10.1 Å². The van der Waals surface area contributed by atoms with E-state index in [0.29, 0.717) is 24.6 Å². The summed E-state index contributed by atoms with van der Waals surface area (Å²) in [7, 11) is 0. The van der Waals surface area contributed by atoms with Crippen molar-refractivity contribution in [1.82, 2.24) is 9.78 Å². The minimum Gasteiger partial charge on any atom is -0.492 e. The van der Waals surface area contributed by atoms with Crippen molar-refractivity contribution in [2.24, 2.45) is 5.92 Å². The van der Waals surface area contributed by atoms with Crippen LogP contribution in [0.4, 0.5) is 5.69 Å². The van der Waals surface area contributed by atoms with E-state index in [0.717, 1.165) is 22.6 Å². The molecule has 4 rings (SSSR count). The number of anilines is 1. The first kappa shape index (κ1) is 16.7. The second kappa shape index (κ2) is 7.22. The Balaban J connectivity index is 1.39. The molecule has 3 aromatic rings. The monoisotopic (exact) mass is 367 g/mol. The van der Waals surface area contributed by atoms with Crippen LogP contribution in [-0.4, -0.2) is 22.3 Å². The van der Waals surface area contributed by atoms with E-state index in [9.17, 15) is 4.79 Å². The van der Waals surface area contributed by atoms with Crippen LogP contribution >= 0.6 is 11.6 Å². The van der Waals surface area contributed by atoms with Gasteiger partial charge >= 0.3 is 0 Å². The lowest BCUT2D eigenvalue weighted by Gasteiger charge is -2.24. The fourth-order valence-corrected chi connectivity index (χ4v) is 3.25. The molecule has 26 heavy (non-hydrogen) atoms. The third-order valence-electron chi connectivity index (χ3n) is 4.42. The predicted octanol–water partition coefficient (Wildman–Crippen LogP) is 3.77. The lowest BCUT2D eigenvalue weighted by Crippen LogP contribution is -2.32. The van der Waals surface area contributed by atoms with Gasteiger partial charge in [0.25, 0.3) is 0 Å². The number of nitrogens with one attached hydrogen (secondary N) is 1.